The Bertz CT molecular complexity index is 808. The van der Waals surface area contributed by atoms with Crippen molar-refractivity contribution in [3.63, 3.8) is 0 Å². The molecule has 0 aliphatic carbocycles. The lowest BCUT2D eigenvalue weighted by atomic mass is 10.2. The second kappa shape index (κ2) is 8.96. The van der Waals surface area contributed by atoms with E-state index in [0.29, 0.717) is 16.7 Å². The predicted octanol–water partition coefficient (Wildman–Crippen LogP) is 1.97. The molecule has 0 radical (unpaired) electrons. The van der Waals surface area contributed by atoms with Gasteiger partial charge in [-0.05, 0) is 52.2 Å². The quantitative estimate of drug-likeness (QED) is 0.728. The molecule has 10 heteroatoms. The van der Waals surface area contributed by atoms with Crippen LogP contribution in [0.15, 0.2) is 29.4 Å². The standard InChI is InChI=1S/C17H23FN6O2S/c1-10(23(4)5)14-21-22-17(24(14)13-8-6-12(18)7-9-13)27-11(2)15(25)20-16(26)19-3/h6-11H,1-5H3,(H2,19,20,25,26)/t10-,11+/m1/s1. The lowest BCUT2D eigenvalue weighted by Crippen LogP contribution is -2.41. The first-order valence-electron chi connectivity index (χ1n) is 8.31. The van der Waals surface area contributed by atoms with Crippen molar-refractivity contribution in [2.45, 2.75) is 30.3 Å². The number of carbonyl (C=O) groups is 2. The molecule has 1 aromatic carbocycles. The average molecular weight is 394 g/mol. The number of hydrogen-bond acceptors (Lipinski definition) is 6. The highest BCUT2D eigenvalue weighted by atomic mass is 32.2. The topological polar surface area (TPSA) is 92.2 Å². The summed E-state index contributed by atoms with van der Waals surface area (Å²) in [4.78, 5) is 25.5. The average Bonchev–Trinajstić information content (AvgIpc) is 3.04. The lowest BCUT2D eigenvalue weighted by molar-refractivity contribution is -0.119. The number of halogens is 1. The number of aromatic nitrogens is 3. The van der Waals surface area contributed by atoms with Crippen molar-refractivity contribution in [2.75, 3.05) is 21.1 Å². The third kappa shape index (κ3) is 5.04. The van der Waals surface area contributed by atoms with E-state index in [9.17, 15) is 14.0 Å². The Kier molecular flexibility index (Phi) is 6.92. The van der Waals surface area contributed by atoms with Crippen molar-refractivity contribution in [1.82, 2.24) is 30.3 Å². The van der Waals surface area contributed by atoms with Gasteiger partial charge in [0.05, 0.1) is 11.3 Å². The van der Waals surface area contributed by atoms with E-state index in [1.54, 1.807) is 23.6 Å². The minimum atomic E-state index is -0.590. The van der Waals surface area contributed by atoms with Crippen LogP contribution in [0.2, 0.25) is 0 Å². The van der Waals surface area contributed by atoms with Crippen LogP contribution in [0.1, 0.15) is 25.7 Å². The highest BCUT2D eigenvalue weighted by Crippen LogP contribution is 2.29. The van der Waals surface area contributed by atoms with E-state index < -0.39 is 17.2 Å². The molecule has 146 valence electrons. The number of amides is 3. The van der Waals surface area contributed by atoms with Gasteiger partial charge in [-0.3, -0.25) is 19.6 Å². The Hall–Kier alpha value is -2.46. The van der Waals surface area contributed by atoms with Gasteiger partial charge in [-0.2, -0.15) is 0 Å². The number of nitrogens with zero attached hydrogens (tertiary/aromatic N) is 4. The van der Waals surface area contributed by atoms with Crippen LogP contribution >= 0.6 is 11.8 Å². The molecule has 1 aromatic heterocycles. The van der Waals surface area contributed by atoms with Crippen molar-refractivity contribution in [3.05, 3.63) is 35.9 Å². The molecule has 0 bridgehead atoms. The third-order valence-electron chi connectivity index (χ3n) is 4.01. The van der Waals surface area contributed by atoms with E-state index in [2.05, 4.69) is 20.8 Å². The summed E-state index contributed by atoms with van der Waals surface area (Å²) in [5.41, 5.74) is 0.687. The van der Waals surface area contributed by atoms with Crippen molar-refractivity contribution < 1.29 is 14.0 Å². The van der Waals surface area contributed by atoms with Gasteiger partial charge in [-0.1, -0.05) is 11.8 Å². The zero-order chi connectivity index (χ0) is 20.1. The highest BCUT2D eigenvalue weighted by Gasteiger charge is 2.25. The van der Waals surface area contributed by atoms with Crippen LogP contribution in [0.4, 0.5) is 9.18 Å². The molecule has 0 saturated heterocycles. The Morgan fingerprint density at radius 1 is 1.19 bits per heavy atom. The molecule has 0 unspecified atom stereocenters. The van der Waals surface area contributed by atoms with E-state index in [0.717, 1.165) is 11.8 Å². The Morgan fingerprint density at radius 2 is 1.81 bits per heavy atom. The van der Waals surface area contributed by atoms with Crippen LogP contribution < -0.4 is 10.6 Å². The summed E-state index contributed by atoms with van der Waals surface area (Å²) in [6.07, 6.45) is 0. The number of benzene rings is 1. The molecule has 0 spiro atoms. The smallest absolute Gasteiger partial charge is 0.321 e. The fraction of sp³-hybridized carbons (Fsp3) is 0.412. The van der Waals surface area contributed by atoms with Gasteiger partial charge in [0.2, 0.25) is 5.91 Å². The summed E-state index contributed by atoms with van der Waals surface area (Å²) < 4.78 is 15.1. The molecule has 2 rings (SSSR count). The van der Waals surface area contributed by atoms with Crippen molar-refractivity contribution in [3.8, 4) is 5.69 Å². The predicted molar refractivity (Wildman–Crippen MR) is 101 cm³/mol. The number of thioether (sulfide) groups is 1. The Morgan fingerprint density at radius 3 is 2.37 bits per heavy atom. The zero-order valence-electron chi connectivity index (χ0n) is 15.9. The fourth-order valence-electron chi connectivity index (χ4n) is 2.18. The number of carbonyl (C=O) groups excluding carboxylic acids is 2. The SMILES string of the molecule is CNC(=O)NC(=O)[C@H](C)Sc1nnc([C@@H](C)N(C)C)n1-c1ccc(F)cc1. The van der Waals surface area contributed by atoms with Crippen LogP contribution in [0, 0.1) is 5.82 Å². The van der Waals surface area contributed by atoms with Gasteiger partial charge in [0.25, 0.3) is 0 Å². The molecule has 3 amide bonds. The minimum absolute atomic E-state index is 0.0631. The molecular formula is C17H23FN6O2S. The van der Waals surface area contributed by atoms with Crippen LogP contribution in [0.3, 0.4) is 0 Å². The van der Waals surface area contributed by atoms with Gasteiger partial charge in [0, 0.05) is 12.7 Å². The van der Waals surface area contributed by atoms with Crippen LogP contribution in [0.25, 0.3) is 5.69 Å². The van der Waals surface area contributed by atoms with Crippen LogP contribution in [0.5, 0.6) is 0 Å². The number of imide groups is 1. The molecule has 27 heavy (non-hydrogen) atoms. The van der Waals surface area contributed by atoms with Gasteiger partial charge < -0.3 is 5.32 Å². The molecule has 0 fully saturated rings. The van der Waals surface area contributed by atoms with E-state index >= 15 is 0 Å². The van der Waals surface area contributed by atoms with E-state index in [4.69, 9.17) is 0 Å². The maximum absolute atomic E-state index is 13.3. The Balaban J connectivity index is 2.37. The van der Waals surface area contributed by atoms with Gasteiger partial charge in [0.15, 0.2) is 11.0 Å². The molecule has 2 aromatic rings. The molecular weight excluding hydrogens is 371 g/mol. The highest BCUT2D eigenvalue weighted by molar-refractivity contribution is 8.00. The van der Waals surface area contributed by atoms with E-state index in [1.165, 1.54) is 19.2 Å². The van der Waals surface area contributed by atoms with Gasteiger partial charge >= 0.3 is 6.03 Å². The molecule has 2 atom stereocenters. The summed E-state index contributed by atoms with van der Waals surface area (Å²) >= 11 is 1.16. The lowest BCUT2D eigenvalue weighted by Gasteiger charge is -2.21. The zero-order valence-corrected chi connectivity index (χ0v) is 16.7. The maximum Gasteiger partial charge on any atom is 0.321 e. The van der Waals surface area contributed by atoms with Gasteiger partial charge in [-0.15, -0.1) is 10.2 Å². The monoisotopic (exact) mass is 394 g/mol. The molecule has 1 heterocycles. The molecule has 0 aliphatic rings. The summed E-state index contributed by atoms with van der Waals surface area (Å²) in [6, 6.07) is 5.33. The second-order valence-electron chi connectivity index (χ2n) is 6.12. The third-order valence-corrected chi connectivity index (χ3v) is 5.05. The number of hydrogen-bond donors (Lipinski definition) is 2. The maximum atomic E-state index is 13.3. The van der Waals surface area contributed by atoms with Gasteiger partial charge in [0.1, 0.15) is 5.82 Å². The number of rotatable bonds is 6. The second-order valence-corrected chi connectivity index (χ2v) is 7.43. The summed E-state index contributed by atoms with van der Waals surface area (Å²) in [5.74, 6) is -0.134. The molecule has 0 aliphatic heterocycles. The van der Waals surface area contributed by atoms with Crippen molar-refractivity contribution in [1.29, 1.82) is 0 Å². The molecule has 8 nitrogen and oxygen atoms in total. The van der Waals surface area contributed by atoms with E-state index in [1.807, 2.05) is 25.9 Å². The molecule has 0 saturated carbocycles. The summed E-state index contributed by atoms with van der Waals surface area (Å²) in [5, 5.41) is 12.9. The first-order chi connectivity index (χ1) is 12.7. The first kappa shape index (κ1) is 20.8. The molecule has 2 N–H and O–H groups in total. The van der Waals surface area contributed by atoms with Crippen molar-refractivity contribution in [2.24, 2.45) is 0 Å². The summed E-state index contributed by atoms with van der Waals surface area (Å²) in [7, 11) is 5.27. The van der Waals surface area contributed by atoms with Crippen molar-refractivity contribution >= 4 is 23.7 Å². The normalized spacial score (nSPS) is 13.3. The van der Waals surface area contributed by atoms with E-state index in [-0.39, 0.29) is 11.9 Å². The number of nitrogens with one attached hydrogen (secondary N) is 2. The Labute approximate surface area is 161 Å². The number of urea groups is 1. The minimum Gasteiger partial charge on any atom is -0.341 e. The largest absolute Gasteiger partial charge is 0.341 e. The first-order valence-corrected chi connectivity index (χ1v) is 9.19. The van der Waals surface area contributed by atoms with Crippen LogP contribution in [-0.4, -0.2) is 58.0 Å². The fourth-order valence-corrected chi connectivity index (χ4v) is 3.05. The van der Waals surface area contributed by atoms with Crippen LogP contribution in [-0.2, 0) is 4.79 Å². The summed E-state index contributed by atoms with van der Waals surface area (Å²) in [6.45, 7) is 3.64. The van der Waals surface area contributed by atoms with Gasteiger partial charge in [-0.25, -0.2) is 9.18 Å².